The predicted molar refractivity (Wildman–Crippen MR) is 237 cm³/mol. The van der Waals surface area contributed by atoms with E-state index in [0.717, 1.165) is 34.1 Å². The van der Waals surface area contributed by atoms with Crippen LogP contribution >= 0.6 is 11.3 Å². The molecule has 0 N–H and O–H groups in total. The molecule has 0 saturated carbocycles. The van der Waals surface area contributed by atoms with Gasteiger partial charge in [-0.05, 0) is 118 Å². The second kappa shape index (κ2) is 14.1. The van der Waals surface area contributed by atoms with Gasteiger partial charge in [-0.2, -0.15) is 0 Å². The molecule has 0 aliphatic rings. The Morgan fingerprint density at radius 2 is 0.745 bits per heavy atom. The average molecular weight is 721 g/mol. The highest BCUT2D eigenvalue weighted by Gasteiger charge is 2.18. The molecule has 0 aliphatic heterocycles. The molecule has 0 spiro atoms. The van der Waals surface area contributed by atoms with Gasteiger partial charge in [-0.1, -0.05) is 133 Å². The van der Waals surface area contributed by atoms with E-state index in [4.69, 9.17) is 0 Å². The predicted octanol–water partition coefficient (Wildman–Crippen LogP) is 15.5. The molecule has 1 aromatic heterocycles. The van der Waals surface area contributed by atoms with Crippen molar-refractivity contribution >= 4 is 76.4 Å². The Kier molecular flexibility index (Phi) is 8.40. The Bertz CT molecular complexity index is 2900. The minimum absolute atomic E-state index is 1.10. The third-order valence-electron chi connectivity index (χ3n) is 10.4. The molecule has 260 valence electrons. The summed E-state index contributed by atoms with van der Waals surface area (Å²) in [6, 6.07) is 78.8. The fraction of sp³-hybridized carbons (Fsp3) is 0. The molecule has 10 aromatic rings. The van der Waals surface area contributed by atoms with Gasteiger partial charge in [0, 0.05) is 54.3 Å². The Labute approximate surface area is 325 Å². The second-order valence-corrected chi connectivity index (χ2v) is 14.9. The van der Waals surface area contributed by atoms with E-state index in [1.54, 1.807) is 0 Å². The van der Waals surface area contributed by atoms with Crippen LogP contribution in [0, 0.1) is 0 Å². The summed E-state index contributed by atoms with van der Waals surface area (Å²) in [6.45, 7) is 0. The van der Waals surface area contributed by atoms with Gasteiger partial charge in [-0.3, -0.25) is 0 Å². The van der Waals surface area contributed by atoms with Crippen LogP contribution in [0.5, 0.6) is 0 Å². The van der Waals surface area contributed by atoms with Gasteiger partial charge >= 0.3 is 0 Å². The van der Waals surface area contributed by atoms with Crippen LogP contribution in [0.2, 0.25) is 0 Å². The molecule has 0 bridgehead atoms. The fourth-order valence-electron chi connectivity index (χ4n) is 7.79. The molecular formula is C52H36N2S. The number of hydrogen-bond acceptors (Lipinski definition) is 3. The first-order valence-electron chi connectivity index (χ1n) is 18.7. The van der Waals surface area contributed by atoms with Crippen molar-refractivity contribution in [2.75, 3.05) is 9.80 Å². The van der Waals surface area contributed by atoms with Gasteiger partial charge in [0.05, 0.1) is 0 Å². The normalized spacial score (nSPS) is 11.3. The van der Waals surface area contributed by atoms with E-state index < -0.39 is 0 Å². The summed E-state index contributed by atoms with van der Waals surface area (Å²) in [6.07, 6.45) is 0. The Balaban J connectivity index is 1.08. The largest absolute Gasteiger partial charge is 0.311 e. The maximum absolute atomic E-state index is 2.40. The van der Waals surface area contributed by atoms with Crippen molar-refractivity contribution in [3.63, 3.8) is 0 Å². The number of fused-ring (bicyclic) bond motifs is 4. The van der Waals surface area contributed by atoms with Crippen molar-refractivity contribution < 1.29 is 0 Å². The van der Waals surface area contributed by atoms with E-state index in [1.165, 1.54) is 53.2 Å². The number of thiophene rings is 1. The molecule has 2 nitrogen and oxygen atoms in total. The lowest BCUT2D eigenvalue weighted by Gasteiger charge is -2.27. The monoisotopic (exact) mass is 720 g/mol. The standard InChI is InChI=1S/C52H36N2S/c1-4-14-37(15-5-1)38-24-28-43(29-25-38)53(41-17-6-2-7-18-41)44-30-26-39(27-31-44)49-36-46(34-40-16-10-11-21-47(40)49)54(42-19-8-3-9-20-42)45-32-33-52-50(35-45)48-22-12-13-23-51(48)55-52/h1-36H. The first kappa shape index (κ1) is 32.7. The fourth-order valence-corrected chi connectivity index (χ4v) is 8.87. The molecule has 1 heterocycles. The van der Waals surface area contributed by atoms with Crippen molar-refractivity contribution in [2.45, 2.75) is 0 Å². The smallest absolute Gasteiger partial charge is 0.0474 e. The number of hydrogen-bond donors (Lipinski definition) is 0. The quantitative estimate of drug-likeness (QED) is 0.154. The van der Waals surface area contributed by atoms with Gasteiger partial charge < -0.3 is 9.80 Å². The number of nitrogens with zero attached hydrogens (tertiary/aromatic N) is 2. The minimum Gasteiger partial charge on any atom is -0.311 e. The highest BCUT2D eigenvalue weighted by atomic mass is 32.1. The first-order chi connectivity index (χ1) is 27.3. The molecule has 0 radical (unpaired) electrons. The molecule has 3 heteroatoms. The van der Waals surface area contributed by atoms with Crippen LogP contribution in [0.1, 0.15) is 0 Å². The van der Waals surface area contributed by atoms with Gasteiger partial charge in [-0.25, -0.2) is 0 Å². The molecule has 0 amide bonds. The third-order valence-corrected chi connectivity index (χ3v) is 11.6. The molecule has 0 fully saturated rings. The van der Waals surface area contributed by atoms with E-state index in [2.05, 4.69) is 228 Å². The summed E-state index contributed by atoms with van der Waals surface area (Å²) >= 11 is 1.85. The molecule has 0 aliphatic carbocycles. The van der Waals surface area contributed by atoms with Crippen LogP contribution < -0.4 is 9.80 Å². The van der Waals surface area contributed by atoms with Crippen molar-refractivity contribution in [1.82, 2.24) is 0 Å². The Morgan fingerprint density at radius 3 is 1.42 bits per heavy atom. The molecule has 55 heavy (non-hydrogen) atoms. The summed E-state index contributed by atoms with van der Waals surface area (Å²) in [5.74, 6) is 0. The topological polar surface area (TPSA) is 6.48 Å². The van der Waals surface area contributed by atoms with Gasteiger partial charge in [0.2, 0.25) is 0 Å². The highest BCUT2D eigenvalue weighted by molar-refractivity contribution is 7.25. The van der Waals surface area contributed by atoms with Gasteiger partial charge in [-0.15, -0.1) is 11.3 Å². The van der Waals surface area contributed by atoms with Crippen LogP contribution in [0.4, 0.5) is 34.1 Å². The van der Waals surface area contributed by atoms with E-state index in [-0.39, 0.29) is 0 Å². The maximum atomic E-state index is 2.40. The zero-order chi connectivity index (χ0) is 36.6. The van der Waals surface area contributed by atoms with Crippen molar-refractivity contribution in [2.24, 2.45) is 0 Å². The van der Waals surface area contributed by atoms with Crippen molar-refractivity contribution in [1.29, 1.82) is 0 Å². The number of para-hydroxylation sites is 2. The summed E-state index contributed by atoms with van der Waals surface area (Å²) < 4.78 is 2.61. The lowest BCUT2D eigenvalue weighted by molar-refractivity contribution is 1.28. The zero-order valence-corrected chi connectivity index (χ0v) is 30.9. The molecule has 0 unspecified atom stereocenters. The van der Waals surface area contributed by atoms with Gasteiger partial charge in [0.15, 0.2) is 0 Å². The van der Waals surface area contributed by atoms with Crippen LogP contribution in [-0.4, -0.2) is 0 Å². The molecule has 10 rings (SSSR count). The summed E-state index contributed by atoms with van der Waals surface area (Å²) in [7, 11) is 0. The first-order valence-corrected chi connectivity index (χ1v) is 19.5. The highest BCUT2D eigenvalue weighted by Crippen LogP contribution is 2.44. The minimum atomic E-state index is 1.10. The second-order valence-electron chi connectivity index (χ2n) is 13.8. The van der Waals surface area contributed by atoms with Crippen LogP contribution in [0.25, 0.3) is 53.2 Å². The lowest BCUT2D eigenvalue weighted by Crippen LogP contribution is -2.10. The zero-order valence-electron chi connectivity index (χ0n) is 30.1. The van der Waals surface area contributed by atoms with E-state index in [9.17, 15) is 0 Å². The maximum Gasteiger partial charge on any atom is 0.0474 e. The number of anilines is 6. The van der Waals surface area contributed by atoms with Gasteiger partial charge in [0.25, 0.3) is 0 Å². The van der Waals surface area contributed by atoms with Crippen LogP contribution in [0.15, 0.2) is 218 Å². The Morgan fingerprint density at radius 1 is 0.273 bits per heavy atom. The van der Waals surface area contributed by atoms with E-state index in [0.29, 0.717) is 0 Å². The summed E-state index contributed by atoms with van der Waals surface area (Å²) in [5, 5.41) is 5.01. The number of rotatable bonds is 8. The molecule has 0 atom stereocenters. The van der Waals surface area contributed by atoms with Crippen LogP contribution in [-0.2, 0) is 0 Å². The third kappa shape index (κ3) is 6.21. The number of benzene rings is 9. The van der Waals surface area contributed by atoms with Gasteiger partial charge in [0.1, 0.15) is 0 Å². The Hall–Kier alpha value is -6.94. The van der Waals surface area contributed by atoms with E-state index >= 15 is 0 Å². The molecular weight excluding hydrogens is 685 g/mol. The average Bonchev–Trinajstić information content (AvgIpc) is 3.63. The summed E-state index contributed by atoms with van der Waals surface area (Å²) in [4.78, 5) is 4.72. The molecule has 9 aromatic carbocycles. The van der Waals surface area contributed by atoms with Crippen molar-refractivity contribution in [3.8, 4) is 22.3 Å². The van der Waals surface area contributed by atoms with Crippen LogP contribution in [0.3, 0.4) is 0 Å². The van der Waals surface area contributed by atoms with Crippen molar-refractivity contribution in [3.05, 3.63) is 218 Å². The lowest BCUT2D eigenvalue weighted by atomic mass is 9.96. The molecule has 0 saturated heterocycles. The summed E-state index contributed by atoms with van der Waals surface area (Å²) in [5.41, 5.74) is 11.5. The SMILES string of the molecule is c1ccc(-c2ccc(N(c3ccccc3)c3ccc(-c4cc(N(c5ccccc5)c5ccc6sc7ccccc7c6c5)cc5ccccc45)cc3)cc2)cc1. The van der Waals surface area contributed by atoms with E-state index in [1.807, 2.05) is 11.3 Å².